The van der Waals surface area contributed by atoms with Crippen LogP contribution in [-0.2, 0) is 17.8 Å². The molecule has 0 atom stereocenters. The molecule has 0 radical (unpaired) electrons. The van der Waals surface area contributed by atoms with Crippen LogP contribution in [0.4, 0.5) is 5.69 Å². The number of anilines is 1. The molecule has 2 N–H and O–H groups in total. The molecule has 0 saturated heterocycles. The van der Waals surface area contributed by atoms with Crippen LogP contribution < -0.4 is 16.2 Å². The van der Waals surface area contributed by atoms with E-state index < -0.39 is 0 Å². The van der Waals surface area contributed by atoms with E-state index in [-0.39, 0.29) is 35.5 Å². The topological polar surface area (TPSA) is 93.1 Å². The van der Waals surface area contributed by atoms with Crippen molar-refractivity contribution in [2.24, 2.45) is 0 Å². The zero-order valence-corrected chi connectivity index (χ0v) is 16.0. The molecule has 2 amide bonds. The van der Waals surface area contributed by atoms with Crippen LogP contribution in [0.25, 0.3) is 0 Å². The highest BCUT2D eigenvalue weighted by atomic mass is 16.2. The normalized spacial score (nSPS) is 10.7. The first kappa shape index (κ1) is 20.4. The molecule has 2 rings (SSSR count). The molecule has 1 aromatic carbocycles. The van der Waals surface area contributed by atoms with Gasteiger partial charge in [0.2, 0.25) is 5.91 Å². The zero-order chi connectivity index (χ0) is 19.8. The minimum Gasteiger partial charge on any atom is -0.354 e. The largest absolute Gasteiger partial charge is 0.354 e. The van der Waals surface area contributed by atoms with E-state index in [4.69, 9.17) is 0 Å². The lowest BCUT2D eigenvalue weighted by Gasteiger charge is -2.10. The number of unbranched alkanes of at least 4 members (excludes halogenated alkanes) is 1. The Kier molecular flexibility index (Phi) is 7.28. The quantitative estimate of drug-likeness (QED) is 0.746. The molecule has 0 saturated carbocycles. The highest BCUT2D eigenvalue weighted by Gasteiger charge is 2.11. The van der Waals surface area contributed by atoms with E-state index in [0.29, 0.717) is 12.2 Å². The number of carbonyl (C=O) groups excluding carboxylic acids is 2. The maximum atomic E-state index is 12.4. The van der Waals surface area contributed by atoms with Gasteiger partial charge in [-0.1, -0.05) is 25.5 Å². The molecule has 27 heavy (non-hydrogen) atoms. The van der Waals surface area contributed by atoms with Gasteiger partial charge in [0.15, 0.2) is 0 Å². The van der Waals surface area contributed by atoms with Crippen LogP contribution >= 0.6 is 0 Å². The van der Waals surface area contributed by atoms with Gasteiger partial charge in [-0.3, -0.25) is 14.4 Å². The van der Waals surface area contributed by atoms with E-state index in [9.17, 15) is 14.4 Å². The molecule has 7 nitrogen and oxygen atoms in total. The highest BCUT2D eigenvalue weighted by Crippen LogP contribution is 2.11. The predicted molar refractivity (Wildman–Crippen MR) is 105 cm³/mol. The van der Waals surface area contributed by atoms with Crippen molar-refractivity contribution in [3.05, 3.63) is 58.0 Å². The third-order valence-corrected chi connectivity index (χ3v) is 3.85. The molecule has 0 aliphatic carbocycles. The van der Waals surface area contributed by atoms with Crippen LogP contribution in [0.2, 0.25) is 0 Å². The Morgan fingerprint density at radius 2 is 1.81 bits per heavy atom. The summed E-state index contributed by atoms with van der Waals surface area (Å²) in [6.07, 6.45) is 2.05. The minimum atomic E-state index is -0.384. The number of amides is 2. The summed E-state index contributed by atoms with van der Waals surface area (Å²) in [6.45, 7) is 6.34. The van der Waals surface area contributed by atoms with Crippen LogP contribution in [0, 0.1) is 0 Å². The molecule has 0 spiro atoms. The number of benzene rings is 1. The van der Waals surface area contributed by atoms with Crippen LogP contribution in [-0.4, -0.2) is 27.6 Å². The maximum absolute atomic E-state index is 12.4. The van der Waals surface area contributed by atoms with Crippen molar-refractivity contribution in [2.45, 2.75) is 52.6 Å². The van der Waals surface area contributed by atoms with E-state index in [0.717, 1.165) is 18.4 Å². The van der Waals surface area contributed by atoms with Gasteiger partial charge in [0.25, 0.3) is 11.5 Å². The van der Waals surface area contributed by atoms with Gasteiger partial charge in [-0.15, -0.1) is 0 Å². The first-order valence-corrected chi connectivity index (χ1v) is 9.17. The third kappa shape index (κ3) is 6.36. The smallest absolute Gasteiger partial charge is 0.276 e. The number of rotatable bonds is 8. The van der Waals surface area contributed by atoms with Crippen molar-refractivity contribution in [1.82, 2.24) is 15.1 Å². The summed E-state index contributed by atoms with van der Waals surface area (Å²) in [4.78, 5) is 36.0. The third-order valence-electron chi connectivity index (χ3n) is 3.85. The predicted octanol–water partition coefficient (Wildman–Crippen LogP) is 2.36. The Balaban J connectivity index is 2.01. The number of carbonyl (C=O) groups is 2. The van der Waals surface area contributed by atoms with Crippen molar-refractivity contribution in [3.63, 3.8) is 0 Å². The summed E-state index contributed by atoms with van der Waals surface area (Å²) in [5.41, 5.74) is 1.42. The zero-order valence-electron chi connectivity index (χ0n) is 16.0. The molecule has 7 heteroatoms. The van der Waals surface area contributed by atoms with Gasteiger partial charge in [0.1, 0.15) is 5.69 Å². The van der Waals surface area contributed by atoms with Crippen LogP contribution in [0.5, 0.6) is 0 Å². The van der Waals surface area contributed by atoms with Gasteiger partial charge >= 0.3 is 0 Å². The average Bonchev–Trinajstić information content (AvgIpc) is 2.62. The van der Waals surface area contributed by atoms with Gasteiger partial charge in [-0.05, 0) is 44.0 Å². The van der Waals surface area contributed by atoms with Crippen molar-refractivity contribution in [2.75, 3.05) is 5.32 Å². The van der Waals surface area contributed by atoms with Gasteiger partial charge in [0, 0.05) is 24.3 Å². The van der Waals surface area contributed by atoms with Crippen molar-refractivity contribution in [1.29, 1.82) is 0 Å². The van der Waals surface area contributed by atoms with Gasteiger partial charge in [-0.25, -0.2) is 4.68 Å². The molecule has 144 valence electrons. The second-order valence-electron chi connectivity index (χ2n) is 6.68. The van der Waals surface area contributed by atoms with Crippen LogP contribution in [0.15, 0.2) is 41.2 Å². The molecule has 1 aromatic heterocycles. The Hall–Kier alpha value is -2.96. The first-order valence-electron chi connectivity index (χ1n) is 9.17. The monoisotopic (exact) mass is 370 g/mol. The van der Waals surface area contributed by atoms with Crippen molar-refractivity contribution in [3.8, 4) is 0 Å². The number of hydrogen-bond acceptors (Lipinski definition) is 4. The minimum absolute atomic E-state index is 0.0414. The maximum Gasteiger partial charge on any atom is 0.276 e. The lowest BCUT2D eigenvalue weighted by Crippen LogP contribution is -2.31. The van der Waals surface area contributed by atoms with Crippen molar-refractivity contribution >= 4 is 17.5 Å². The Morgan fingerprint density at radius 1 is 1.11 bits per heavy atom. The Bertz CT molecular complexity index is 841. The summed E-state index contributed by atoms with van der Waals surface area (Å²) in [6, 6.07) is 9.95. The average molecular weight is 370 g/mol. The summed E-state index contributed by atoms with van der Waals surface area (Å²) in [7, 11) is 0. The van der Waals surface area contributed by atoms with Gasteiger partial charge < -0.3 is 10.6 Å². The lowest BCUT2D eigenvalue weighted by molar-refractivity contribution is -0.120. The van der Waals surface area contributed by atoms with E-state index in [1.165, 1.54) is 16.8 Å². The standard InChI is InChI=1S/C20H26N4O3/c1-4-5-12-24-19(26)11-10-17(23-24)20(27)22-16-8-6-15(7-9-16)13-18(25)21-14(2)3/h6-11,14H,4-5,12-13H2,1-3H3,(H,21,25)(H,22,27). The summed E-state index contributed by atoms with van der Waals surface area (Å²) in [5.74, 6) is -0.425. The summed E-state index contributed by atoms with van der Waals surface area (Å²) in [5, 5.41) is 9.72. The summed E-state index contributed by atoms with van der Waals surface area (Å²) >= 11 is 0. The molecule has 2 aromatic rings. The van der Waals surface area contributed by atoms with E-state index in [2.05, 4.69) is 15.7 Å². The molecular formula is C20H26N4O3. The lowest BCUT2D eigenvalue weighted by atomic mass is 10.1. The van der Waals surface area contributed by atoms with Crippen LogP contribution in [0.3, 0.4) is 0 Å². The number of nitrogens with zero attached hydrogens (tertiary/aromatic N) is 2. The Labute approximate surface area is 158 Å². The molecule has 0 unspecified atom stereocenters. The first-order chi connectivity index (χ1) is 12.9. The molecule has 1 heterocycles. The summed E-state index contributed by atoms with van der Waals surface area (Å²) < 4.78 is 1.31. The molecule has 0 aliphatic rings. The van der Waals surface area contributed by atoms with E-state index in [1.54, 1.807) is 24.3 Å². The SMILES string of the molecule is CCCCn1nc(C(=O)Nc2ccc(CC(=O)NC(C)C)cc2)ccc1=O. The fraction of sp³-hybridized carbons (Fsp3) is 0.400. The fourth-order valence-electron chi connectivity index (χ4n) is 2.50. The number of aromatic nitrogens is 2. The highest BCUT2D eigenvalue weighted by molar-refractivity contribution is 6.02. The number of hydrogen-bond donors (Lipinski definition) is 2. The Morgan fingerprint density at radius 3 is 2.44 bits per heavy atom. The van der Waals surface area contributed by atoms with E-state index >= 15 is 0 Å². The second-order valence-corrected chi connectivity index (χ2v) is 6.68. The number of nitrogens with one attached hydrogen (secondary N) is 2. The fourth-order valence-corrected chi connectivity index (χ4v) is 2.50. The molecule has 0 aliphatic heterocycles. The second kappa shape index (κ2) is 9.66. The number of aryl methyl sites for hydroxylation is 1. The van der Waals surface area contributed by atoms with E-state index in [1.807, 2.05) is 20.8 Å². The van der Waals surface area contributed by atoms with Gasteiger partial charge in [-0.2, -0.15) is 5.10 Å². The molecular weight excluding hydrogens is 344 g/mol. The van der Waals surface area contributed by atoms with Gasteiger partial charge in [0.05, 0.1) is 6.42 Å². The molecule has 0 fully saturated rings. The van der Waals surface area contributed by atoms with Crippen LogP contribution in [0.1, 0.15) is 49.7 Å². The van der Waals surface area contributed by atoms with Crippen molar-refractivity contribution < 1.29 is 9.59 Å². The molecule has 0 bridgehead atoms.